The molecule has 1 amide bonds. The Labute approximate surface area is 181 Å². The summed E-state index contributed by atoms with van der Waals surface area (Å²) in [4.78, 5) is 16.6. The van der Waals surface area contributed by atoms with Gasteiger partial charge in [0.1, 0.15) is 5.75 Å². The van der Waals surface area contributed by atoms with Crippen molar-refractivity contribution in [3.63, 3.8) is 0 Å². The molecule has 2 aromatic rings. The highest BCUT2D eigenvalue weighted by Gasteiger charge is 2.17. The van der Waals surface area contributed by atoms with E-state index in [2.05, 4.69) is 33.1 Å². The number of anilines is 2. The Morgan fingerprint density at radius 3 is 2.50 bits per heavy atom. The average molecular weight is 426 g/mol. The van der Waals surface area contributed by atoms with Crippen molar-refractivity contribution < 1.29 is 9.53 Å². The lowest BCUT2D eigenvalue weighted by Gasteiger charge is -2.09. The standard InChI is InChI=1S/C22H27N5O2S/c1-4-20-13-24-22(30-20)25-18-7-5-16(6-8-18)15(2)26-27-21(28)14-23-17-9-11-19(29-3)12-10-17/h5-12,20,23H,4,13-14H2,1-3H3,(H,24,25)(H,27,28)/b26-15-/t20-/m1/s1. The van der Waals surface area contributed by atoms with Gasteiger partial charge in [-0.25, -0.2) is 5.43 Å². The number of ether oxygens (including phenoxy) is 1. The number of methoxy groups -OCH3 is 1. The zero-order valence-electron chi connectivity index (χ0n) is 17.4. The molecular weight excluding hydrogens is 398 g/mol. The predicted molar refractivity (Wildman–Crippen MR) is 126 cm³/mol. The summed E-state index contributed by atoms with van der Waals surface area (Å²) >= 11 is 1.79. The number of aliphatic imine (C=N–C) groups is 1. The minimum Gasteiger partial charge on any atom is -0.497 e. The van der Waals surface area contributed by atoms with E-state index in [1.807, 2.05) is 55.5 Å². The van der Waals surface area contributed by atoms with E-state index in [0.29, 0.717) is 5.25 Å². The molecule has 0 saturated carbocycles. The summed E-state index contributed by atoms with van der Waals surface area (Å²) in [6.07, 6.45) is 1.12. The van der Waals surface area contributed by atoms with Gasteiger partial charge in [0, 0.05) is 16.6 Å². The number of nitrogens with one attached hydrogen (secondary N) is 3. The third kappa shape index (κ3) is 6.25. The summed E-state index contributed by atoms with van der Waals surface area (Å²) in [5.41, 5.74) is 6.08. The van der Waals surface area contributed by atoms with Gasteiger partial charge in [0.25, 0.3) is 5.91 Å². The van der Waals surface area contributed by atoms with Gasteiger partial charge in [-0.15, -0.1) is 0 Å². The van der Waals surface area contributed by atoms with E-state index in [9.17, 15) is 4.79 Å². The Morgan fingerprint density at radius 1 is 1.17 bits per heavy atom. The van der Waals surface area contributed by atoms with Crippen LogP contribution in [-0.2, 0) is 4.79 Å². The number of hydrogen-bond donors (Lipinski definition) is 3. The van der Waals surface area contributed by atoms with Crippen molar-refractivity contribution in [3.05, 3.63) is 54.1 Å². The van der Waals surface area contributed by atoms with Gasteiger partial charge in [-0.3, -0.25) is 9.79 Å². The zero-order chi connectivity index (χ0) is 21.3. The highest BCUT2D eigenvalue weighted by atomic mass is 32.2. The van der Waals surface area contributed by atoms with Gasteiger partial charge in [-0.2, -0.15) is 5.10 Å². The Balaban J connectivity index is 1.46. The lowest BCUT2D eigenvalue weighted by molar-refractivity contribution is -0.119. The number of carbonyl (C=O) groups is 1. The molecule has 0 bridgehead atoms. The maximum absolute atomic E-state index is 12.0. The van der Waals surface area contributed by atoms with E-state index < -0.39 is 0 Å². The van der Waals surface area contributed by atoms with Crippen LogP contribution in [0.5, 0.6) is 5.75 Å². The van der Waals surface area contributed by atoms with Crippen LogP contribution in [0.15, 0.2) is 58.6 Å². The van der Waals surface area contributed by atoms with Gasteiger partial charge in [0.2, 0.25) is 0 Å². The molecule has 3 rings (SSSR count). The van der Waals surface area contributed by atoms with Gasteiger partial charge in [0.05, 0.1) is 25.9 Å². The SMILES string of the molecule is CC[C@@H]1CN=C(Nc2ccc(/C(C)=N\NC(=O)CNc3ccc(OC)cc3)cc2)S1. The van der Waals surface area contributed by atoms with Crippen LogP contribution in [0.25, 0.3) is 0 Å². The number of amides is 1. The van der Waals surface area contributed by atoms with E-state index in [4.69, 9.17) is 4.74 Å². The minimum absolute atomic E-state index is 0.129. The molecule has 8 heteroatoms. The second-order valence-electron chi connectivity index (χ2n) is 6.81. The molecule has 1 aliphatic heterocycles. The smallest absolute Gasteiger partial charge is 0.259 e. The number of amidine groups is 1. The summed E-state index contributed by atoms with van der Waals surface area (Å²) in [7, 11) is 1.62. The maximum Gasteiger partial charge on any atom is 0.259 e. The fourth-order valence-corrected chi connectivity index (χ4v) is 3.72. The zero-order valence-corrected chi connectivity index (χ0v) is 18.3. The highest BCUT2D eigenvalue weighted by molar-refractivity contribution is 8.15. The van der Waals surface area contributed by atoms with Crippen molar-refractivity contribution in [2.24, 2.45) is 10.1 Å². The third-order valence-electron chi connectivity index (χ3n) is 4.62. The number of thioether (sulfide) groups is 1. The van der Waals surface area contributed by atoms with Gasteiger partial charge in [-0.1, -0.05) is 30.8 Å². The maximum atomic E-state index is 12.0. The summed E-state index contributed by atoms with van der Waals surface area (Å²) in [5, 5.41) is 12.1. The molecule has 1 atom stereocenters. The van der Waals surface area contributed by atoms with Crippen LogP contribution in [-0.4, -0.2) is 42.2 Å². The summed E-state index contributed by atoms with van der Waals surface area (Å²) in [6.45, 7) is 5.05. The van der Waals surface area contributed by atoms with Crippen molar-refractivity contribution in [1.29, 1.82) is 0 Å². The minimum atomic E-state index is -0.217. The fourth-order valence-electron chi connectivity index (χ4n) is 2.76. The number of carbonyl (C=O) groups excluding carboxylic acids is 1. The number of rotatable bonds is 8. The lowest BCUT2D eigenvalue weighted by Crippen LogP contribution is -2.26. The van der Waals surface area contributed by atoms with Gasteiger partial charge >= 0.3 is 0 Å². The summed E-state index contributed by atoms with van der Waals surface area (Å²) in [5.74, 6) is 0.553. The molecule has 30 heavy (non-hydrogen) atoms. The van der Waals surface area contributed by atoms with Crippen LogP contribution in [0.3, 0.4) is 0 Å². The van der Waals surface area contributed by atoms with E-state index in [1.54, 1.807) is 18.9 Å². The predicted octanol–water partition coefficient (Wildman–Crippen LogP) is 3.94. The topological polar surface area (TPSA) is 87.1 Å². The van der Waals surface area contributed by atoms with Crippen LogP contribution in [0.4, 0.5) is 11.4 Å². The van der Waals surface area contributed by atoms with Crippen molar-refractivity contribution in [2.75, 3.05) is 30.8 Å². The number of hydrogen-bond acceptors (Lipinski definition) is 7. The Morgan fingerprint density at radius 2 is 1.87 bits per heavy atom. The first-order valence-corrected chi connectivity index (χ1v) is 10.7. The highest BCUT2D eigenvalue weighted by Crippen LogP contribution is 2.24. The molecule has 1 aliphatic rings. The van der Waals surface area contributed by atoms with Crippen molar-refractivity contribution in [2.45, 2.75) is 25.5 Å². The van der Waals surface area contributed by atoms with E-state index in [1.165, 1.54) is 0 Å². The molecule has 0 spiro atoms. The second kappa shape index (κ2) is 10.7. The first-order valence-electron chi connectivity index (χ1n) is 9.87. The normalized spacial score (nSPS) is 16.0. The molecule has 0 unspecified atom stereocenters. The average Bonchev–Trinajstić information content (AvgIpc) is 3.24. The summed E-state index contributed by atoms with van der Waals surface area (Å²) < 4.78 is 5.12. The van der Waals surface area contributed by atoms with Crippen molar-refractivity contribution >= 4 is 39.9 Å². The molecular formula is C22H27N5O2S. The quantitative estimate of drug-likeness (QED) is 0.440. The molecule has 0 aromatic heterocycles. The molecule has 3 N–H and O–H groups in total. The van der Waals surface area contributed by atoms with Crippen molar-refractivity contribution in [3.8, 4) is 5.75 Å². The first-order chi connectivity index (χ1) is 14.6. The van der Waals surface area contributed by atoms with Gasteiger partial charge < -0.3 is 15.4 Å². The van der Waals surface area contributed by atoms with Crippen LogP contribution in [0.1, 0.15) is 25.8 Å². The second-order valence-corrected chi connectivity index (χ2v) is 8.10. The first kappa shape index (κ1) is 21.7. The molecule has 0 saturated heterocycles. The van der Waals surface area contributed by atoms with Crippen molar-refractivity contribution in [1.82, 2.24) is 5.43 Å². The van der Waals surface area contributed by atoms with Crippen LogP contribution >= 0.6 is 11.8 Å². The Kier molecular flexibility index (Phi) is 7.73. The Bertz CT molecular complexity index is 910. The molecule has 158 valence electrons. The molecule has 1 heterocycles. The lowest BCUT2D eigenvalue weighted by atomic mass is 10.1. The third-order valence-corrected chi connectivity index (χ3v) is 5.89. The molecule has 7 nitrogen and oxygen atoms in total. The van der Waals surface area contributed by atoms with Crippen LogP contribution < -0.4 is 20.8 Å². The monoisotopic (exact) mass is 425 g/mol. The van der Waals surface area contributed by atoms with E-state index in [0.717, 1.165) is 46.5 Å². The van der Waals surface area contributed by atoms with E-state index >= 15 is 0 Å². The van der Waals surface area contributed by atoms with Crippen LogP contribution in [0, 0.1) is 0 Å². The Hall–Kier alpha value is -3.00. The van der Waals surface area contributed by atoms with Gasteiger partial charge in [-0.05, 0) is 55.3 Å². The number of nitrogens with zero attached hydrogens (tertiary/aromatic N) is 2. The van der Waals surface area contributed by atoms with E-state index in [-0.39, 0.29) is 12.5 Å². The molecule has 0 aliphatic carbocycles. The summed E-state index contributed by atoms with van der Waals surface area (Å²) in [6, 6.07) is 15.3. The van der Waals surface area contributed by atoms with Crippen LogP contribution in [0.2, 0.25) is 0 Å². The van der Waals surface area contributed by atoms with Gasteiger partial charge in [0.15, 0.2) is 5.17 Å². The largest absolute Gasteiger partial charge is 0.497 e. The molecule has 0 radical (unpaired) electrons. The number of hydrazone groups is 1. The molecule has 2 aromatic carbocycles. The number of benzene rings is 2. The molecule has 0 fully saturated rings. The fraction of sp³-hybridized carbons (Fsp3) is 0.318.